The molecular formula is C41H24N6O. The van der Waals surface area contributed by atoms with E-state index in [1.165, 1.54) is 0 Å². The second kappa shape index (κ2) is 10.4. The average molecular weight is 617 g/mol. The summed E-state index contributed by atoms with van der Waals surface area (Å²) in [4.78, 5) is 25.2. The molecule has 10 aromatic rings. The van der Waals surface area contributed by atoms with Gasteiger partial charge in [-0.25, -0.2) is 24.9 Å². The molecule has 48 heavy (non-hydrogen) atoms. The SMILES string of the molecule is c1ccc(-c2nc(-c3ccccc3)nc(-c3cccc4oc5ccc(-c6nc7ccccc7c7nc8ccccc8n67)cc5c34)n2)cc1. The fourth-order valence-corrected chi connectivity index (χ4v) is 6.62. The second-order valence-corrected chi connectivity index (χ2v) is 11.7. The highest BCUT2D eigenvalue weighted by molar-refractivity contribution is 6.13. The Kier molecular flexibility index (Phi) is 5.74. The van der Waals surface area contributed by atoms with Gasteiger partial charge in [0.05, 0.1) is 16.6 Å². The van der Waals surface area contributed by atoms with Crippen LogP contribution >= 0.6 is 0 Å². The van der Waals surface area contributed by atoms with E-state index in [1.54, 1.807) is 0 Å². The molecule has 0 amide bonds. The summed E-state index contributed by atoms with van der Waals surface area (Å²) in [6, 6.07) is 48.7. The molecule has 6 aromatic carbocycles. The second-order valence-electron chi connectivity index (χ2n) is 11.7. The highest BCUT2D eigenvalue weighted by Gasteiger charge is 2.20. The average Bonchev–Trinajstić information content (AvgIpc) is 3.74. The molecule has 224 valence electrons. The smallest absolute Gasteiger partial charge is 0.164 e. The first-order valence-electron chi connectivity index (χ1n) is 15.8. The number of benzene rings is 6. The van der Waals surface area contributed by atoms with Crippen LogP contribution in [0.2, 0.25) is 0 Å². The van der Waals surface area contributed by atoms with Gasteiger partial charge in [0.1, 0.15) is 22.6 Å². The normalized spacial score (nSPS) is 11.8. The third-order valence-corrected chi connectivity index (χ3v) is 8.84. The highest BCUT2D eigenvalue weighted by atomic mass is 16.3. The molecule has 0 saturated carbocycles. The topological polar surface area (TPSA) is 82.0 Å². The molecule has 0 N–H and O–H groups in total. The summed E-state index contributed by atoms with van der Waals surface area (Å²) in [5, 5.41) is 2.90. The minimum Gasteiger partial charge on any atom is -0.456 e. The zero-order valence-electron chi connectivity index (χ0n) is 25.4. The summed E-state index contributed by atoms with van der Waals surface area (Å²) in [5.41, 5.74) is 8.88. The van der Waals surface area contributed by atoms with Gasteiger partial charge in [-0.2, -0.15) is 0 Å². The van der Waals surface area contributed by atoms with Crippen molar-refractivity contribution in [1.82, 2.24) is 29.3 Å². The van der Waals surface area contributed by atoms with Crippen LogP contribution in [-0.2, 0) is 0 Å². The first-order valence-corrected chi connectivity index (χ1v) is 15.8. The fraction of sp³-hybridized carbons (Fsp3) is 0. The molecule has 10 rings (SSSR count). The molecule has 0 bridgehead atoms. The monoisotopic (exact) mass is 616 g/mol. The Morgan fingerprint density at radius 3 is 1.88 bits per heavy atom. The van der Waals surface area contributed by atoms with Crippen LogP contribution in [0.1, 0.15) is 0 Å². The number of hydrogen-bond donors (Lipinski definition) is 0. The lowest BCUT2D eigenvalue weighted by molar-refractivity contribution is 0.669. The number of fused-ring (bicyclic) bond motifs is 8. The van der Waals surface area contributed by atoms with E-state index in [0.717, 1.165) is 77.6 Å². The Bertz CT molecular complexity index is 2780. The van der Waals surface area contributed by atoms with Crippen molar-refractivity contribution in [3.05, 3.63) is 146 Å². The highest BCUT2D eigenvalue weighted by Crippen LogP contribution is 2.39. The van der Waals surface area contributed by atoms with Crippen molar-refractivity contribution in [2.45, 2.75) is 0 Å². The molecule has 0 saturated heterocycles. The standard InChI is InChI=1S/C41H24N6O/c1-3-12-25(13-4-1)37-44-38(26-14-5-2-6-15-26)46-39(45-37)29-17-11-21-35-36(29)30-24-27(22-23-34(30)48-35)40-42-31-18-8-7-16-28(31)41-43-32-19-9-10-20-33(32)47(40)41/h1-24H. The Morgan fingerprint density at radius 1 is 0.438 bits per heavy atom. The largest absolute Gasteiger partial charge is 0.456 e. The van der Waals surface area contributed by atoms with Gasteiger partial charge in [-0.1, -0.05) is 97.1 Å². The summed E-state index contributed by atoms with van der Waals surface area (Å²) in [6.45, 7) is 0. The number of imidazole rings is 1. The van der Waals surface area contributed by atoms with Crippen LogP contribution in [0.4, 0.5) is 0 Å². The van der Waals surface area contributed by atoms with Gasteiger partial charge in [0.25, 0.3) is 0 Å². The maximum Gasteiger partial charge on any atom is 0.164 e. The molecule has 0 fully saturated rings. The predicted octanol–water partition coefficient (Wildman–Crippen LogP) is 9.79. The van der Waals surface area contributed by atoms with Gasteiger partial charge < -0.3 is 4.42 Å². The van der Waals surface area contributed by atoms with E-state index in [-0.39, 0.29) is 0 Å². The van der Waals surface area contributed by atoms with E-state index < -0.39 is 0 Å². The van der Waals surface area contributed by atoms with Crippen molar-refractivity contribution < 1.29 is 4.42 Å². The van der Waals surface area contributed by atoms with Crippen LogP contribution in [0.5, 0.6) is 0 Å². The summed E-state index contributed by atoms with van der Waals surface area (Å²) >= 11 is 0. The van der Waals surface area contributed by atoms with Gasteiger partial charge in [-0.05, 0) is 48.5 Å². The maximum atomic E-state index is 6.44. The molecule has 0 aliphatic rings. The van der Waals surface area contributed by atoms with Crippen molar-refractivity contribution in [2.24, 2.45) is 0 Å². The molecule has 7 heteroatoms. The lowest BCUT2D eigenvalue weighted by Gasteiger charge is -2.10. The molecule has 0 radical (unpaired) electrons. The zero-order valence-corrected chi connectivity index (χ0v) is 25.4. The van der Waals surface area contributed by atoms with Crippen LogP contribution in [-0.4, -0.2) is 29.3 Å². The third-order valence-electron chi connectivity index (χ3n) is 8.84. The number of furan rings is 1. The molecule has 4 heterocycles. The summed E-state index contributed by atoms with van der Waals surface area (Å²) < 4.78 is 8.60. The molecule has 0 aliphatic carbocycles. The van der Waals surface area contributed by atoms with Crippen LogP contribution in [0.25, 0.3) is 95.1 Å². The van der Waals surface area contributed by atoms with Crippen molar-refractivity contribution in [2.75, 3.05) is 0 Å². The fourth-order valence-electron chi connectivity index (χ4n) is 6.62. The van der Waals surface area contributed by atoms with Gasteiger partial charge >= 0.3 is 0 Å². The zero-order chi connectivity index (χ0) is 31.6. The number of nitrogens with zero attached hydrogens (tertiary/aromatic N) is 6. The van der Waals surface area contributed by atoms with E-state index in [0.29, 0.717) is 17.5 Å². The summed E-state index contributed by atoms with van der Waals surface area (Å²) in [7, 11) is 0. The Morgan fingerprint density at radius 2 is 1.10 bits per heavy atom. The minimum absolute atomic E-state index is 0.577. The molecule has 0 spiro atoms. The molecule has 7 nitrogen and oxygen atoms in total. The number of rotatable bonds is 4. The first-order chi connectivity index (χ1) is 23.8. The maximum absolute atomic E-state index is 6.44. The Labute approximate surface area is 273 Å². The summed E-state index contributed by atoms with van der Waals surface area (Å²) in [5.74, 6) is 2.61. The number of hydrogen-bond acceptors (Lipinski definition) is 6. The first kappa shape index (κ1) is 26.5. The molecule has 0 unspecified atom stereocenters. The lowest BCUT2D eigenvalue weighted by Crippen LogP contribution is -2.00. The molecule has 4 aromatic heterocycles. The van der Waals surface area contributed by atoms with Crippen LogP contribution in [0.15, 0.2) is 150 Å². The molecular weight excluding hydrogens is 592 g/mol. The van der Waals surface area contributed by atoms with Gasteiger partial charge in [-0.15, -0.1) is 0 Å². The van der Waals surface area contributed by atoms with Gasteiger partial charge in [0.2, 0.25) is 0 Å². The van der Waals surface area contributed by atoms with Crippen LogP contribution in [0.3, 0.4) is 0 Å². The van der Waals surface area contributed by atoms with E-state index in [1.807, 2.05) is 115 Å². The van der Waals surface area contributed by atoms with Crippen molar-refractivity contribution >= 4 is 49.5 Å². The van der Waals surface area contributed by atoms with Gasteiger partial charge in [0.15, 0.2) is 17.5 Å². The van der Waals surface area contributed by atoms with Crippen LogP contribution < -0.4 is 0 Å². The van der Waals surface area contributed by atoms with Gasteiger partial charge in [0, 0.05) is 38.4 Å². The number of para-hydroxylation sites is 3. The van der Waals surface area contributed by atoms with Gasteiger partial charge in [-0.3, -0.25) is 4.40 Å². The molecule has 0 aliphatic heterocycles. The van der Waals surface area contributed by atoms with Crippen LogP contribution in [0, 0.1) is 0 Å². The Balaban J connectivity index is 1.24. The van der Waals surface area contributed by atoms with E-state index in [9.17, 15) is 0 Å². The number of aromatic nitrogens is 6. The quantitative estimate of drug-likeness (QED) is 0.196. The van der Waals surface area contributed by atoms with E-state index in [2.05, 4.69) is 34.7 Å². The predicted molar refractivity (Wildman–Crippen MR) is 190 cm³/mol. The molecule has 0 atom stereocenters. The van der Waals surface area contributed by atoms with E-state index >= 15 is 0 Å². The third kappa shape index (κ3) is 4.11. The van der Waals surface area contributed by atoms with Crippen molar-refractivity contribution in [1.29, 1.82) is 0 Å². The van der Waals surface area contributed by atoms with Crippen molar-refractivity contribution in [3.8, 4) is 45.6 Å². The Hall–Kier alpha value is -6.73. The summed E-state index contributed by atoms with van der Waals surface area (Å²) in [6.07, 6.45) is 0. The lowest BCUT2D eigenvalue weighted by atomic mass is 10.0. The van der Waals surface area contributed by atoms with E-state index in [4.69, 9.17) is 29.3 Å². The minimum atomic E-state index is 0.577. The van der Waals surface area contributed by atoms with Crippen molar-refractivity contribution in [3.63, 3.8) is 0 Å².